The number of carbonyl (C=O) groups excluding carboxylic acids is 1. The first-order valence-electron chi connectivity index (χ1n) is 10.9. The molecule has 1 aromatic carbocycles. The van der Waals surface area contributed by atoms with Gasteiger partial charge in [0.2, 0.25) is 5.91 Å². The van der Waals surface area contributed by atoms with Gasteiger partial charge in [-0.2, -0.15) is 0 Å². The number of β-amino-alcohol motifs (C(OH)–C–C–N with tert-alkyl or cyclic N) is 1. The first-order valence-corrected chi connectivity index (χ1v) is 10.9. The van der Waals surface area contributed by atoms with Crippen molar-refractivity contribution in [2.75, 3.05) is 59.6 Å². The van der Waals surface area contributed by atoms with E-state index in [1.165, 1.54) is 12.0 Å². The van der Waals surface area contributed by atoms with Crippen molar-refractivity contribution in [3.63, 3.8) is 0 Å². The average Bonchev–Trinajstić information content (AvgIpc) is 2.72. The Morgan fingerprint density at radius 3 is 2.67 bits per heavy atom. The van der Waals surface area contributed by atoms with Gasteiger partial charge in [-0.05, 0) is 37.0 Å². The molecule has 1 spiro atoms. The van der Waals surface area contributed by atoms with Crippen molar-refractivity contribution in [1.82, 2.24) is 15.1 Å². The lowest BCUT2D eigenvalue weighted by Crippen LogP contribution is -2.52. The van der Waals surface area contributed by atoms with Crippen molar-refractivity contribution in [2.45, 2.75) is 37.5 Å². The van der Waals surface area contributed by atoms with Crippen LogP contribution in [-0.4, -0.2) is 92.1 Å². The minimum absolute atomic E-state index is 0.00348. The van der Waals surface area contributed by atoms with E-state index >= 15 is 0 Å². The molecule has 1 amide bonds. The second-order valence-electron chi connectivity index (χ2n) is 8.59. The van der Waals surface area contributed by atoms with Crippen LogP contribution in [0.3, 0.4) is 0 Å². The summed E-state index contributed by atoms with van der Waals surface area (Å²) in [4.78, 5) is 15.9. The fourth-order valence-corrected chi connectivity index (χ4v) is 4.48. The molecule has 0 bridgehead atoms. The van der Waals surface area contributed by atoms with Crippen LogP contribution in [0.5, 0.6) is 11.5 Å². The molecule has 0 aliphatic carbocycles. The topological polar surface area (TPSA) is 83.5 Å². The molecule has 4 rings (SSSR count). The van der Waals surface area contributed by atoms with Crippen LogP contribution in [0.25, 0.3) is 0 Å². The Morgan fingerprint density at radius 1 is 1.20 bits per heavy atom. The van der Waals surface area contributed by atoms with Gasteiger partial charge >= 0.3 is 0 Å². The molecule has 3 heterocycles. The predicted molar refractivity (Wildman–Crippen MR) is 112 cm³/mol. The molecule has 1 aromatic rings. The molecule has 3 fully saturated rings. The van der Waals surface area contributed by atoms with E-state index in [1.54, 1.807) is 7.11 Å². The average molecular weight is 420 g/mol. The SMILES string of the molecule is COc1ccc(CN2CCC3(CCO3)CC2)cc1OCC(O)CN1CCNC(=O)C1. The summed E-state index contributed by atoms with van der Waals surface area (Å²) in [5, 5.41) is 13.1. The predicted octanol–water partition coefficient (Wildman–Crippen LogP) is 0.622. The van der Waals surface area contributed by atoms with Gasteiger partial charge in [0.25, 0.3) is 0 Å². The van der Waals surface area contributed by atoms with E-state index in [0.717, 1.165) is 45.6 Å². The van der Waals surface area contributed by atoms with Crippen LogP contribution in [0, 0.1) is 0 Å². The van der Waals surface area contributed by atoms with E-state index in [-0.39, 0.29) is 18.1 Å². The van der Waals surface area contributed by atoms with Crippen molar-refractivity contribution in [1.29, 1.82) is 0 Å². The molecule has 0 aromatic heterocycles. The first kappa shape index (κ1) is 21.4. The molecule has 166 valence electrons. The lowest BCUT2D eigenvalue weighted by molar-refractivity contribution is -0.173. The smallest absolute Gasteiger partial charge is 0.234 e. The Hall–Kier alpha value is -1.87. The second-order valence-corrected chi connectivity index (χ2v) is 8.59. The zero-order valence-electron chi connectivity index (χ0n) is 17.8. The maximum Gasteiger partial charge on any atom is 0.234 e. The molecular weight excluding hydrogens is 386 g/mol. The van der Waals surface area contributed by atoms with E-state index < -0.39 is 6.10 Å². The number of aliphatic hydroxyl groups is 1. The standard InChI is InChI=1S/C22H33N3O5/c1-28-19-3-2-17(13-24-8-4-22(5-9-24)6-11-30-22)12-20(19)29-16-18(26)14-25-10-7-23-21(27)15-25/h2-3,12,18,26H,4-11,13-16H2,1H3,(H,23,27). The fourth-order valence-electron chi connectivity index (χ4n) is 4.48. The Morgan fingerprint density at radius 2 is 2.00 bits per heavy atom. The molecule has 3 aliphatic heterocycles. The van der Waals surface area contributed by atoms with Crippen molar-refractivity contribution in [3.05, 3.63) is 23.8 Å². The molecule has 3 saturated heterocycles. The van der Waals surface area contributed by atoms with Gasteiger partial charge in [0, 0.05) is 39.3 Å². The van der Waals surface area contributed by atoms with Crippen LogP contribution in [0.2, 0.25) is 0 Å². The van der Waals surface area contributed by atoms with Gasteiger partial charge in [-0.3, -0.25) is 14.6 Å². The molecule has 3 aliphatic rings. The third-order valence-corrected chi connectivity index (χ3v) is 6.39. The summed E-state index contributed by atoms with van der Waals surface area (Å²) in [5.41, 5.74) is 1.33. The van der Waals surface area contributed by atoms with E-state index in [1.807, 2.05) is 17.0 Å². The minimum Gasteiger partial charge on any atom is -0.493 e. The molecular formula is C22H33N3O5. The van der Waals surface area contributed by atoms with Crippen molar-refractivity contribution >= 4 is 5.91 Å². The van der Waals surface area contributed by atoms with Gasteiger partial charge in [0.15, 0.2) is 11.5 Å². The summed E-state index contributed by atoms with van der Waals surface area (Å²) < 4.78 is 17.2. The number of piperidine rings is 1. The molecule has 2 N–H and O–H groups in total. The van der Waals surface area contributed by atoms with Crippen LogP contribution in [0.15, 0.2) is 18.2 Å². The summed E-state index contributed by atoms with van der Waals surface area (Å²) in [6, 6.07) is 6.00. The van der Waals surface area contributed by atoms with Crippen molar-refractivity contribution < 1.29 is 24.1 Å². The number of rotatable bonds is 8. The van der Waals surface area contributed by atoms with Crippen LogP contribution in [0.4, 0.5) is 0 Å². The van der Waals surface area contributed by atoms with E-state index in [4.69, 9.17) is 14.2 Å². The zero-order valence-corrected chi connectivity index (χ0v) is 17.8. The largest absolute Gasteiger partial charge is 0.493 e. The highest BCUT2D eigenvalue weighted by Gasteiger charge is 2.40. The number of likely N-dealkylation sites (tertiary alicyclic amines) is 1. The highest BCUT2D eigenvalue weighted by Crippen LogP contribution is 2.37. The third kappa shape index (κ3) is 5.24. The number of methoxy groups -OCH3 is 1. The normalized spacial score (nSPS) is 22.9. The monoisotopic (exact) mass is 419 g/mol. The van der Waals surface area contributed by atoms with Gasteiger partial charge in [-0.1, -0.05) is 6.07 Å². The van der Waals surface area contributed by atoms with E-state index in [9.17, 15) is 9.90 Å². The number of hydrogen-bond acceptors (Lipinski definition) is 7. The molecule has 0 radical (unpaired) electrons. The number of carbonyl (C=O) groups is 1. The van der Waals surface area contributed by atoms with Crippen LogP contribution in [-0.2, 0) is 16.1 Å². The van der Waals surface area contributed by atoms with Gasteiger partial charge in [0.05, 0.1) is 25.9 Å². The summed E-state index contributed by atoms with van der Waals surface area (Å²) in [6.07, 6.45) is 2.73. The number of hydrogen-bond donors (Lipinski definition) is 2. The Balaban J connectivity index is 1.29. The molecule has 0 saturated carbocycles. The molecule has 1 atom stereocenters. The summed E-state index contributed by atoms with van der Waals surface area (Å²) >= 11 is 0. The molecule has 8 nitrogen and oxygen atoms in total. The number of nitrogens with one attached hydrogen (secondary N) is 1. The number of piperazine rings is 1. The Bertz CT molecular complexity index is 729. The third-order valence-electron chi connectivity index (χ3n) is 6.39. The Kier molecular flexibility index (Phi) is 6.77. The molecule has 8 heteroatoms. The van der Waals surface area contributed by atoms with Crippen LogP contribution < -0.4 is 14.8 Å². The Labute approximate surface area is 178 Å². The van der Waals surface area contributed by atoms with E-state index in [0.29, 0.717) is 31.1 Å². The zero-order chi connectivity index (χ0) is 21.0. The van der Waals surface area contributed by atoms with Gasteiger partial charge in [-0.15, -0.1) is 0 Å². The number of aliphatic hydroxyl groups excluding tert-OH is 1. The number of ether oxygens (including phenoxy) is 3. The van der Waals surface area contributed by atoms with Gasteiger partial charge < -0.3 is 24.6 Å². The van der Waals surface area contributed by atoms with Crippen LogP contribution in [0.1, 0.15) is 24.8 Å². The second kappa shape index (κ2) is 9.51. The lowest BCUT2D eigenvalue weighted by atomic mass is 9.84. The molecule has 1 unspecified atom stereocenters. The highest BCUT2D eigenvalue weighted by molar-refractivity contribution is 5.78. The summed E-state index contributed by atoms with van der Waals surface area (Å²) in [6.45, 7) is 6.11. The van der Waals surface area contributed by atoms with Crippen LogP contribution >= 0.6 is 0 Å². The number of amides is 1. The maximum atomic E-state index is 11.5. The highest BCUT2D eigenvalue weighted by atomic mass is 16.5. The molecule has 30 heavy (non-hydrogen) atoms. The number of benzene rings is 1. The lowest BCUT2D eigenvalue weighted by Gasteiger charge is -2.47. The summed E-state index contributed by atoms with van der Waals surface area (Å²) in [7, 11) is 1.62. The quantitative estimate of drug-likeness (QED) is 0.639. The number of nitrogens with zero attached hydrogens (tertiary/aromatic N) is 2. The first-order chi connectivity index (χ1) is 14.5. The maximum absolute atomic E-state index is 11.5. The van der Waals surface area contributed by atoms with Crippen molar-refractivity contribution in [2.24, 2.45) is 0 Å². The van der Waals surface area contributed by atoms with Crippen molar-refractivity contribution in [3.8, 4) is 11.5 Å². The fraction of sp³-hybridized carbons (Fsp3) is 0.682. The summed E-state index contributed by atoms with van der Waals surface area (Å²) in [5.74, 6) is 1.29. The minimum atomic E-state index is -0.676. The van der Waals surface area contributed by atoms with E-state index in [2.05, 4.69) is 16.3 Å². The van der Waals surface area contributed by atoms with Gasteiger partial charge in [0.1, 0.15) is 12.7 Å². The van der Waals surface area contributed by atoms with Gasteiger partial charge in [-0.25, -0.2) is 0 Å².